The Morgan fingerprint density at radius 2 is 1.85 bits per heavy atom. The molecule has 3 N–H and O–H groups in total. The second-order valence-electron chi connectivity index (χ2n) is 7.05. The van der Waals surface area contributed by atoms with Gasteiger partial charge in [0.15, 0.2) is 6.29 Å². The van der Waals surface area contributed by atoms with Gasteiger partial charge < -0.3 is 10.6 Å². The number of hydrogen-bond acceptors (Lipinski definition) is 7. The number of nitrogens with zero attached hydrogens (tertiary/aromatic N) is 1. The Morgan fingerprint density at radius 1 is 1.09 bits per heavy atom. The first-order chi connectivity index (χ1) is 16.2. The number of rotatable bonds is 6. The third kappa shape index (κ3) is 4.40. The Kier molecular flexibility index (Phi) is 6.18. The maximum atomic E-state index is 14.9. The highest BCUT2D eigenvalue weighted by atomic mass is 32.2. The largest absolute Gasteiger partial charge is 0.388 e. The molecule has 4 rings (SSSR count). The second kappa shape index (κ2) is 9.08. The first-order valence-corrected chi connectivity index (χ1v) is 12.1. The molecule has 0 bridgehead atoms. The van der Waals surface area contributed by atoms with Gasteiger partial charge in [-0.2, -0.15) is 0 Å². The molecule has 0 fully saturated rings. The molecule has 0 radical (unpaired) electrons. The summed E-state index contributed by atoms with van der Waals surface area (Å²) in [6, 6.07) is 10.1. The van der Waals surface area contributed by atoms with Gasteiger partial charge in [-0.05, 0) is 47.8 Å². The molecule has 0 spiro atoms. The van der Waals surface area contributed by atoms with Crippen LogP contribution in [0.1, 0.15) is 10.4 Å². The summed E-state index contributed by atoms with van der Waals surface area (Å²) in [6.45, 7) is 0. The van der Waals surface area contributed by atoms with E-state index in [0.29, 0.717) is 17.4 Å². The molecule has 34 heavy (non-hydrogen) atoms. The number of pyridine rings is 1. The van der Waals surface area contributed by atoms with Crippen LogP contribution in [0.4, 0.5) is 20.6 Å². The lowest BCUT2D eigenvalue weighted by Gasteiger charge is -2.13. The van der Waals surface area contributed by atoms with Crippen LogP contribution in [0, 0.1) is 5.82 Å². The zero-order valence-electron chi connectivity index (χ0n) is 17.5. The van der Waals surface area contributed by atoms with Crippen molar-refractivity contribution in [2.45, 2.75) is 4.21 Å². The number of nitrogens with one attached hydrogen (secondary N) is 3. The molecule has 0 saturated carbocycles. The zero-order chi connectivity index (χ0) is 24.5. The standard InChI is InChI=1S/C22H17FN4O5S2/c1-24-14-4-6-16-17(9-14)13(12-28)11-27(21(16)29)19-7-5-15(10-18(19)23)25-22(30)26-34(31,32)20-3-2-8-33-20/h2-12,24H,1H3,(H2,25,26,30). The summed E-state index contributed by atoms with van der Waals surface area (Å²) in [5, 5.41) is 7.36. The van der Waals surface area contributed by atoms with Gasteiger partial charge in [0.2, 0.25) is 0 Å². The minimum Gasteiger partial charge on any atom is -0.388 e. The Bertz CT molecular complexity index is 1580. The van der Waals surface area contributed by atoms with Gasteiger partial charge in [-0.3, -0.25) is 14.2 Å². The van der Waals surface area contributed by atoms with Gasteiger partial charge in [-0.15, -0.1) is 11.3 Å². The fraction of sp³-hybridized carbons (Fsp3) is 0.0455. The number of anilines is 2. The molecule has 174 valence electrons. The molecule has 0 aliphatic rings. The van der Waals surface area contributed by atoms with Crippen molar-refractivity contribution in [1.82, 2.24) is 9.29 Å². The maximum absolute atomic E-state index is 14.9. The van der Waals surface area contributed by atoms with Crippen molar-refractivity contribution < 1.29 is 22.4 Å². The molecule has 2 aromatic heterocycles. The molecular weight excluding hydrogens is 483 g/mol. The summed E-state index contributed by atoms with van der Waals surface area (Å²) in [4.78, 5) is 36.7. The minimum atomic E-state index is -4.06. The van der Waals surface area contributed by atoms with Crippen LogP contribution >= 0.6 is 11.3 Å². The van der Waals surface area contributed by atoms with Crippen LogP contribution in [0.25, 0.3) is 16.5 Å². The van der Waals surface area contributed by atoms with Crippen molar-refractivity contribution in [1.29, 1.82) is 0 Å². The molecule has 0 aliphatic heterocycles. The van der Waals surface area contributed by atoms with E-state index in [-0.39, 0.29) is 26.5 Å². The molecule has 4 aromatic rings. The van der Waals surface area contributed by atoms with Gasteiger partial charge in [-0.1, -0.05) is 6.07 Å². The second-order valence-corrected chi connectivity index (χ2v) is 9.90. The molecule has 0 aliphatic carbocycles. The Hall–Kier alpha value is -4.03. The maximum Gasteiger partial charge on any atom is 0.333 e. The molecule has 2 aromatic carbocycles. The van der Waals surface area contributed by atoms with E-state index in [1.807, 2.05) is 4.72 Å². The summed E-state index contributed by atoms with van der Waals surface area (Å²) < 4.78 is 42.0. The smallest absolute Gasteiger partial charge is 0.333 e. The molecule has 2 heterocycles. The third-order valence-corrected chi connectivity index (χ3v) is 7.64. The summed E-state index contributed by atoms with van der Waals surface area (Å²) in [6.07, 6.45) is 1.81. The van der Waals surface area contributed by atoms with Gasteiger partial charge in [-0.25, -0.2) is 22.3 Å². The molecule has 0 atom stereocenters. The van der Waals surface area contributed by atoms with E-state index in [0.717, 1.165) is 22.0 Å². The molecule has 2 amide bonds. The van der Waals surface area contributed by atoms with Gasteiger partial charge in [0.05, 0.1) is 5.69 Å². The van der Waals surface area contributed by atoms with Crippen molar-refractivity contribution in [3.63, 3.8) is 0 Å². The number of carbonyl (C=O) groups is 2. The number of urea groups is 1. The van der Waals surface area contributed by atoms with Crippen molar-refractivity contribution in [2.24, 2.45) is 0 Å². The number of sulfonamides is 1. The SMILES string of the molecule is CNc1ccc2c(=O)n(-c3ccc(NC(=O)NS(=O)(=O)c4cccs4)cc3F)cc(C=O)c2c1. The summed E-state index contributed by atoms with van der Waals surface area (Å²) in [5.74, 6) is -0.871. The van der Waals surface area contributed by atoms with Crippen molar-refractivity contribution in [2.75, 3.05) is 17.7 Å². The number of benzene rings is 2. The highest BCUT2D eigenvalue weighted by molar-refractivity contribution is 7.92. The number of thiophene rings is 1. The first-order valence-electron chi connectivity index (χ1n) is 9.73. The van der Waals surface area contributed by atoms with E-state index < -0.39 is 27.4 Å². The lowest BCUT2D eigenvalue weighted by molar-refractivity contribution is 0.112. The van der Waals surface area contributed by atoms with E-state index in [2.05, 4.69) is 10.6 Å². The predicted octanol–water partition coefficient (Wildman–Crippen LogP) is 3.56. The number of amides is 2. The topological polar surface area (TPSA) is 126 Å². The Labute approximate surface area is 196 Å². The van der Waals surface area contributed by atoms with E-state index in [1.54, 1.807) is 30.6 Å². The summed E-state index contributed by atoms with van der Waals surface area (Å²) in [7, 11) is -2.36. The molecule has 9 nitrogen and oxygen atoms in total. The molecule has 12 heteroatoms. The van der Waals surface area contributed by atoms with Gasteiger partial charge in [0.1, 0.15) is 10.0 Å². The number of fused-ring (bicyclic) bond motifs is 1. The van der Waals surface area contributed by atoms with Gasteiger partial charge in [0.25, 0.3) is 15.6 Å². The van der Waals surface area contributed by atoms with Crippen molar-refractivity contribution >= 4 is 55.8 Å². The zero-order valence-corrected chi connectivity index (χ0v) is 19.2. The molecular formula is C22H17FN4O5S2. The van der Waals surface area contributed by atoms with Gasteiger partial charge >= 0.3 is 6.03 Å². The van der Waals surface area contributed by atoms with Crippen LogP contribution < -0.4 is 20.9 Å². The lowest BCUT2D eigenvalue weighted by Crippen LogP contribution is -2.34. The third-order valence-electron chi connectivity index (χ3n) is 4.92. The Balaban J connectivity index is 1.65. The van der Waals surface area contributed by atoms with Crippen LogP contribution in [-0.2, 0) is 10.0 Å². The quantitative estimate of drug-likeness (QED) is 0.348. The summed E-state index contributed by atoms with van der Waals surface area (Å²) >= 11 is 0.936. The highest BCUT2D eigenvalue weighted by Gasteiger charge is 2.19. The fourth-order valence-electron chi connectivity index (χ4n) is 3.32. The average molecular weight is 501 g/mol. The van der Waals surface area contributed by atoms with E-state index in [9.17, 15) is 27.2 Å². The van der Waals surface area contributed by atoms with Crippen LogP contribution in [0.15, 0.2) is 69.1 Å². The number of hydrogen-bond donors (Lipinski definition) is 3. The summed E-state index contributed by atoms with van der Waals surface area (Å²) in [5.41, 5.74) is 0.163. The Morgan fingerprint density at radius 3 is 2.50 bits per heavy atom. The van der Waals surface area contributed by atoms with Crippen molar-refractivity contribution in [3.8, 4) is 5.69 Å². The van der Waals surface area contributed by atoms with E-state index >= 15 is 0 Å². The minimum absolute atomic E-state index is 0.0387. The van der Waals surface area contributed by atoms with Gasteiger partial charge in [0, 0.05) is 41.0 Å². The lowest BCUT2D eigenvalue weighted by atomic mass is 10.1. The van der Waals surface area contributed by atoms with Crippen molar-refractivity contribution in [3.05, 3.63) is 81.8 Å². The van der Waals surface area contributed by atoms with Crippen LogP contribution in [0.2, 0.25) is 0 Å². The van der Waals surface area contributed by atoms with Crippen LogP contribution in [0.3, 0.4) is 0 Å². The van der Waals surface area contributed by atoms with Crippen LogP contribution in [0.5, 0.6) is 0 Å². The number of carbonyl (C=O) groups excluding carboxylic acids is 2. The van der Waals surface area contributed by atoms with E-state index in [4.69, 9.17) is 0 Å². The molecule has 0 unspecified atom stereocenters. The monoisotopic (exact) mass is 500 g/mol. The predicted molar refractivity (Wildman–Crippen MR) is 128 cm³/mol. The fourth-order valence-corrected chi connectivity index (χ4v) is 5.22. The number of aldehydes is 1. The average Bonchev–Trinajstić information content (AvgIpc) is 3.35. The number of halogens is 1. The number of aromatic nitrogens is 1. The normalized spacial score (nSPS) is 11.2. The highest BCUT2D eigenvalue weighted by Crippen LogP contribution is 2.23. The first kappa shape index (κ1) is 23.1. The van der Waals surface area contributed by atoms with E-state index in [1.165, 1.54) is 30.5 Å². The van der Waals surface area contributed by atoms with Crippen LogP contribution in [-0.4, -0.2) is 32.3 Å². The molecule has 0 saturated heterocycles.